The van der Waals surface area contributed by atoms with Crippen LogP contribution in [0.15, 0.2) is 48.5 Å². The summed E-state index contributed by atoms with van der Waals surface area (Å²) in [6, 6.07) is 11.5. The van der Waals surface area contributed by atoms with Gasteiger partial charge in [-0.25, -0.2) is 13.2 Å². The number of methoxy groups -OCH3 is 1. The fourth-order valence-corrected chi connectivity index (χ4v) is 3.07. The Morgan fingerprint density at radius 1 is 0.969 bits per heavy atom. The van der Waals surface area contributed by atoms with Crippen LogP contribution < -0.4 is 15.8 Å². The largest absolute Gasteiger partial charge is 0.467 e. The minimum absolute atomic E-state index is 0.346. The zero-order valence-corrected chi connectivity index (χ0v) is 18.6. The number of carbonyl (C=O) groups is 2. The normalized spacial score (nSPS) is 12.1. The number of anilines is 1. The molecule has 0 aliphatic heterocycles. The highest BCUT2D eigenvalue weighted by Gasteiger charge is 2.25. The van der Waals surface area contributed by atoms with Crippen molar-refractivity contribution >= 4 is 27.6 Å². The van der Waals surface area contributed by atoms with Crippen molar-refractivity contribution in [2.45, 2.75) is 19.0 Å². The summed E-state index contributed by atoms with van der Waals surface area (Å²) in [4.78, 5) is 24.1. The minimum Gasteiger partial charge on any atom is -0.467 e. The number of benzene rings is 2. The van der Waals surface area contributed by atoms with Crippen LogP contribution >= 0.6 is 0 Å². The SMILES string of the molecule is COC(=O)C(NC(=O)c1ccc(C#CC#Cc2ccc(NS(C)(=O)=O)cc2)cc1)C(C)N. The van der Waals surface area contributed by atoms with Gasteiger partial charge in [0, 0.05) is 28.4 Å². The third kappa shape index (κ3) is 7.80. The van der Waals surface area contributed by atoms with Crippen LogP contribution in [0, 0.1) is 23.7 Å². The maximum Gasteiger partial charge on any atom is 0.329 e. The Hall–Kier alpha value is -3.79. The zero-order valence-electron chi connectivity index (χ0n) is 17.8. The van der Waals surface area contributed by atoms with Gasteiger partial charge in [-0.2, -0.15) is 0 Å². The molecule has 4 N–H and O–H groups in total. The lowest BCUT2D eigenvalue weighted by atomic mass is 10.1. The lowest BCUT2D eigenvalue weighted by Crippen LogP contribution is -2.51. The van der Waals surface area contributed by atoms with Crippen molar-refractivity contribution in [1.29, 1.82) is 0 Å². The first-order valence-electron chi connectivity index (χ1n) is 9.43. The van der Waals surface area contributed by atoms with Gasteiger partial charge in [0.15, 0.2) is 0 Å². The van der Waals surface area contributed by atoms with Gasteiger partial charge in [-0.1, -0.05) is 11.8 Å². The molecule has 0 saturated carbocycles. The summed E-state index contributed by atoms with van der Waals surface area (Å²) in [5, 5.41) is 2.55. The molecule has 32 heavy (non-hydrogen) atoms. The van der Waals surface area contributed by atoms with Crippen LogP contribution in [-0.2, 0) is 19.6 Å². The van der Waals surface area contributed by atoms with E-state index in [1.54, 1.807) is 55.5 Å². The van der Waals surface area contributed by atoms with E-state index < -0.39 is 34.0 Å². The fraction of sp³-hybridized carbons (Fsp3) is 0.217. The van der Waals surface area contributed by atoms with Crippen LogP contribution in [0.3, 0.4) is 0 Å². The molecule has 0 radical (unpaired) electrons. The van der Waals surface area contributed by atoms with Crippen LogP contribution in [0.25, 0.3) is 0 Å². The molecule has 8 nitrogen and oxygen atoms in total. The molecule has 2 aromatic carbocycles. The molecule has 9 heteroatoms. The van der Waals surface area contributed by atoms with E-state index in [4.69, 9.17) is 5.73 Å². The van der Waals surface area contributed by atoms with Crippen LogP contribution in [0.2, 0.25) is 0 Å². The number of amides is 1. The maximum atomic E-state index is 12.3. The molecule has 166 valence electrons. The van der Waals surface area contributed by atoms with Gasteiger partial charge >= 0.3 is 5.97 Å². The van der Waals surface area contributed by atoms with E-state index in [0.717, 1.165) is 6.26 Å². The Kier molecular flexibility index (Phi) is 8.42. The molecule has 0 saturated heterocycles. The Morgan fingerprint density at radius 3 is 1.91 bits per heavy atom. The second kappa shape index (κ2) is 11.0. The van der Waals surface area contributed by atoms with Gasteiger partial charge in [0.25, 0.3) is 5.91 Å². The van der Waals surface area contributed by atoms with Crippen molar-refractivity contribution in [3.05, 3.63) is 65.2 Å². The van der Waals surface area contributed by atoms with Crippen molar-refractivity contribution in [2.75, 3.05) is 18.1 Å². The Bertz CT molecular complexity index is 1200. The number of hydrogen-bond donors (Lipinski definition) is 3. The molecule has 0 aromatic heterocycles. The zero-order chi connectivity index (χ0) is 23.7. The third-order valence-electron chi connectivity index (χ3n) is 4.08. The second-order valence-corrected chi connectivity index (χ2v) is 8.61. The molecule has 0 spiro atoms. The lowest BCUT2D eigenvalue weighted by Gasteiger charge is -2.19. The van der Waals surface area contributed by atoms with Crippen molar-refractivity contribution < 1.29 is 22.7 Å². The predicted octanol–water partition coefficient (Wildman–Crippen LogP) is 1.08. The monoisotopic (exact) mass is 453 g/mol. The molecule has 2 unspecified atom stereocenters. The van der Waals surface area contributed by atoms with Crippen LogP contribution in [0.4, 0.5) is 5.69 Å². The highest BCUT2D eigenvalue weighted by molar-refractivity contribution is 7.92. The number of hydrogen-bond acceptors (Lipinski definition) is 6. The summed E-state index contributed by atoms with van der Waals surface area (Å²) < 4.78 is 29.4. The molecule has 0 heterocycles. The van der Waals surface area contributed by atoms with Gasteiger partial charge in [-0.3, -0.25) is 9.52 Å². The molecule has 0 aliphatic rings. The Labute approximate surface area is 187 Å². The van der Waals surface area contributed by atoms with Crippen molar-refractivity contribution in [1.82, 2.24) is 5.32 Å². The fourth-order valence-electron chi connectivity index (χ4n) is 2.50. The number of rotatable bonds is 6. The number of sulfonamides is 1. The molecule has 2 rings (SSSR count). The summed E-state index contributed by atoms with van der Waals surface area (Å²) in [7, 11) is -2.10. The van der Waals surface area contributed by atoms with E-state index in [9.17, 15) is 18.0 Å². The van der Waals surface area contributed by atoms with Gasteiger partial charge in [-0.15, -0.1) is 0 Å². The number of ether oxygens (including phenoxy) is 1. The summed E-state index contributed by atoms with van der Waals surface area (Å²) >= 11 is 0. The van der Waals surface area contributed by atoms with Crippen LogP contribution in [0.1, 0.15) is 28.4 Å². The van der Waals surface area contributed by atoms with Gasteiger partial charge in [0.1, 0.15) is 6.04 Å². The number of carbonyl (C=O) groups excluding carboxylic acids is 2. The highest BCUT2D eigenvalue weighted by Crippen LogP contribution is 2.10. The van der Waals surface area contributed by atoms with Gasteiger partial charge in [0.05, 0.1) is 13.4 Å². The van der Waals surface area contributed by atoms with Crippen LogP contribution in [0.5, 0.6) is 0 Å². The molecular weight excluding hydrogens is 430 g/mol. The second-order valence-electron chi connectivity index (χ2n) is 6.86. The molecule has 2 aromatic rings. The molecule has 0 bridgehead atoms. The molecule has 0 fully saturated rings. The average Bonchev–Trinajstić information content (AvgIpc) is 2.74. The van der Waals surface area contributed by atoms with E-state index >= 15 is 0 Å². The smallest absolute Gasteiger partial charge is 0.329 e. The Morgan fingerprint density at radius 2 is 1.47 bits per heavy atom. The summed E-state index contributed by atoms with van der Waals surface area (Å²) in [6.07, 6.45) is 1.08. The van der Waals surface area contributed by atoms with E-state index in [0.29, 0.717) is 22.4 Å². The van der Waals surface area contributed by atoms with Gasteiger partial charge in [0.2, 0.25) is 10.0 Å². The van der Waals surface area contributed by atoms with Crippen molar-refractivity contribution in [2.24, 2.45) is 5.73 Å². The molecule has 1 amide bonds. The van der Waals surface area contributed by atoms with Crippen LogP contribution in [-0.4, -0.2) is 45.7 Å². The first kappa shape index (κ1) is 24.5. The summed E-state index contributed by atoms with van der Waals surface area (Å²) in [5.74, 6) is 10.1. The van der Waals surface area contributed by atoms with E-state index in [1.165, 1.54) is 7.11 Å². The van der Waals surface area contributed by atoms with E-state index in [-0.39, 0.29) is 0 Å². The van der Waals surface area contributed by atoms with Crippen molar-refractivity contribution in [3.8, 4) is 23.7 Å². The van der Waals surface area contributed by atoms with Crippen molar-refractivity contribution in [3.63, 3.8) is 0 Å². The number of nitrogens with two attached hydrogens (primary N) is 1. The third-order valence-corrected chi connectivity index (χ3v) is 4.69. The first-order valence-corrected chi connectivity index (χ1v) is 11.3. The van der Waals surface area contributed by atoms with E-state index in [1.807, 2.05) is 0 Å². The van der Waals surface area contributed by atoms with E-state index in [2.05, 4.69) is 38.5 Å². The standard InChI is InChI=1S/C23H23N3O5S/c1-16(24)21(23(28)31-2)25-22(27)19-12-8-17(9-13-19)6-4-5-7-18-10-14-20(15-11-18)26-32(3,29)30/h8-16,21,26H,24H2,1-3H3,(H,25,27). The topological polar surface area (TPSA) is 128 Å². The van der Waals surface area contributed by atoms with Gasteiger partial charge < -0.3 is 15.8 Å². The summed E-state index contributed by atoms with van der Waals surface area (Å²) in [6.45, 7) is 1.60. The lowest BCUT2D eigenvalue weighted by molar-refractivity contribution is -0.143. The predicted molar refractivity (Wildman–Crippen MR) is 122 cm³/mol. The molecule has 2 atom stereocenters. The Balaban J connectivity index is 2.01. The molecule has 0 aliphatic carbocycles. The number of esters is 1. The summed E-state index contributed by atoms with van der Waals surface area (Å²) in [5.41, 5.74) is 7.86. The number of nitrogens with one attached hydrogen (secondary N) is 2. The molecular formula is C23H23N3O5S. The minimum atomic E-state index is -3.32. The average molecular weight is 454 g/mol. The quantitative estimate of drug-likeness (QED) is 0.444. The maximum absolute atomic E-state index is 12.3. The van der Waals surface area contributed by atoms with Gasteiger partial charge in [-0.05, 0) is 67.3 Å². The first-order chi connectivity index (χ1) is 15.1. The highest BCUT2D eigenvalue weighted by atomic mass is 32.2.